The van der Waals surface area contributed by atoms with E-state index in [0.717, 1.165) is 11.8 Å². The molecular weight excluding hydrogens is 291 g/mol. The maximum absolute atomic E-state index is 13.4. The summed E-state index contributed by atoms with van der Waals surface area (Å²) in [5.74, 6) is -1.32. The summed E-state index contributed by atoms with van der Waals surface area (Å²) in [5, 5.41) is 0. The molecule has 106 valence electrons. The van der Waals surface area contributed by atoms with Crippen LogP contribution >= 0.6 is 11.8 Å². The van der Waals surface area contributed by atoms with E-state index in [2.05, 4.69) is 0 Å². The first kappa shape index (κ1) is 15.8. The van der Waals surface area contributed by atoms with Gasteiger partial charge in [-0.25, -0.2) is 12.8 Å². The Kier molecular flexibility index (Phi) is 5.61. The number of anilines is 1. The van der Waals surface area contributed by atoms with Crippen molar-refractivity contribution in [1.29, 1.82) is 0 Å². The van der Waals surface area contributed by atoms with Gasteiger partial charge in [-0.05, 0) is 18.2 Å². The maximum atomic E-state index is 13.4. The molecule has 0 saturated heterocycles. The summed E-state index contributed by atoms with van der Waals surface area (Å²) >= 11 is 1.09. The van der Waals surface area contributed by atoms with Crippen molar-refractivity contribution in [3.05, 3.63) is 24.0 Å². The Morgan fingerprint density at radius 3 is 2.58 bits per heavy atom. The number of nitrogens with two attached hydrogens (primary N) is 2. The highest BCUT2D eigenvalue weighted by Gasteiger charge is 2.13. The molecular formula is C11H15FN2O3S2. The van der Waals surface area contributed by atoms with Crippen LogP contribution < -0.4 is 11.5 Å². The third-order valence-corrected chi connectivity index (χ3v) is 5.23. The van der Waals surface area contributed by atoms with E-state index >= 15 is 0 Å². The highest BCUT2D eigenvalue weighted by atomic mass is 32.2. The van der Waals surface area contributed by atoms with Gasteiger partial charge in [-0.15, -0.1) is 11.8 Å². The zero-order valence-corrected chi connectivity index (χ0v) is 11.8. The van der Waals surface area contributed by atoms with Gasteiger partial charge in [0.25, 0.3) is 0 Å². The number of carbonyl (C=O) groups excluding carboxylic acids is 1. The molecule has 8 heteroatoms. The van der Waals surface area contributed by atoms with Crippen LogP contribution in [0.3, 0.4) is 0 Å². The van der Waals surface area contributed by atoms with Crippen molar-refractivity contribution < 1.29 is 17.6 Å². The van der Waals surface area contributed by atoms with Crippen molar-refractivity contribution in [3.8, 4) is 0 Å². The number of rotatable bonds is 7. The third kappa shape index (κ3) is 5.93. The van der Waals surface area contributed by atoms with Crippen molar-refractivity contribution in [3.63, 3.8) is 0 Å². The Morgan fingerprint density at radius 2 is 2.00 bits per heavy atom. The number of nitrogen functional groups attached to an aromatic ring is 1. The van der Waals surface area contributed by atoms with Gasteiger partial charge in [0.05, 0.1) is 11.5 Å². The van der Waals surface area contributed by atoms with Gasteiger partial charge < -0.3 is 11.5 Å². The summed E-state index contributed by atoms with van der Waals surface area (Å²) in [6.45, 7) is 0. The number of carbonyl (C=O) groups is 1. The van der Waals surface area contributed by atoms with Crippen LogP contribution in [0.1, 0.15) is 6.42 Å². The number of hydrogen-bond acceptors (Lipinski definition) is 5. The lowest BCUT2D eigenvalue weighted by atomic mass is 10.3. The number of amides is 1. The van der Waals surface area contributed by atoms with Gasteiger partial charge in [0, 0.05) is 22.8 Å². The quantitative estimate of drug-likeness (QED) is 0.572. The zero-order valence-electron chi connectivity index (χ0n) is 10.1. The Morgan fingerprint density at radius 1 is 1.32 bits per heavy atom. The number of primary amides is 1. The standard InChI is InChI=1S/C11H15FN2O3S2/c12-9-7-8(13)1-2-10(9)18-4-6-19(16,17)5-3-11(14)15/h1-2,7H,3-6,13H2,(H2,14,15). The molecule has 0 unspecified atom stereocenters. The van der Waals surface area contributed by atoms with E-state index in [-0.39, 0.29) is 23.7 Å². The van der Waals surface area contributed by atoms with Crippen LogP contribution in [0.25, 0.3) is 0 Å². The molecule has 0 atom stereocenters. The van der Waals surface area contributed by atoms with E-state index in [0.29, 0.717) is 10.6 Å². The molecule has 0 aromatic heterocycles. The number of benzene rings is 1. The molecule has 4 N–H and O–H groups in total. The monoisotopic (exact) mass is 306 g/mol. The van der Waals surface area contributed by atoms with Gasteiger partial charge in [-0.2, -0.15) is 0 Å². The molecule has 0 spiro atoms. The fraction of sp³-hybridized carbons (Fsp3) is 0.364. The third-order valence-electron chi connectivity index (χ3n) is 2.27. The highest BCUT2D eigenvalue weighted by molar-refractivity contribution is 8.00. The molecule has 19 heavy (non-hydrogen) atoms. The predicted octanol–water partition coefficient (Wildman–Crippen LogP) is 0.790. The molecule has 0 aliphatic rings. The van der Waals surface area contributed by atoms with Crippen LogP contribution in [0.2, 0.25) is 0 Å². The molecule has 1 aromatic carbocycles. The lowest BCUT2D eigenvalue weighted by Crippen LogP contribution is -2.19. The summed E-state index contributed by atoms with van der Waals surface area (Å²) < 4.78 is 36.5. The van der Waals surface area contributed by atoms with Crippen molar-refractivity contribution in [1.82, 2.24) is 0 Å². The molecule has 5 nitrogen and oxygen atoms in total. The second kappa shape index (κ2) is 6.76. The Balaban J connectivity index is 2.47. The van der Waals surface area contributed by atoms with E-state index in [1.807, 2.05) is 0 Å². The summed E-state index contributed by atoms with van der Waals surface area (Å²) in [6.07, 6.45) is -0.191. The number of hydrogen-bond donors (Lipinski definition) is 2. The molecule has 0 saturated carbocycles. The van der Waals surface area contributed by atoms with Crippen LogP contribution in [-0.4, -0.2) is 31.6 Å². The number of thioether (sulfide) groups is 1. The van der Waals surface area contributed by atoms with Gasteiger partial charge in [0.15, 0.2) is 9.84 Å². The van der Waals surface area contributed by atoms with Gasteiger partial charge in [0.2, 0.25) is 5.91 Å². The summed E-state index contributed by atoms with van der Waals surface area (Å²) in [7, 11) is -3.34. The van der Waals surface area contributed by atoms with Crippen LogP contribution in [-0.2, 0) is 14.6 Å². The highest BCUT2D eigenvalue weighted by Crippen LogP contribution is 2.23. The van der Waals surface area contributed by atoms with Gasteiger partial charge in [0.1, 0.15) is 5.82 Å². The minimum Gasteiger partial charge on any atom is -0.399 e. The lowest BCUT2D eigenvalue weighted by Gasteiger charge is -2.05. The first-order valence-electron chi connectivity index (χ1n) is 5.47. The molecule has 1 rings (SSSR count). The lowest BCUT2D eigenvalue weighted by molar-refractivity contribution is -0.117. The second-order valence-electron chi connectivity index (χ2n) is 3.91. The van der Waals surface area contributed by atoms with E-state index in [1.54, 1.807) is 6.07 Å². The predicted molar refractivity (Wildman–Crippen MR) is 74.0 cm³/mol. The fourth-order valence-corrected chi connectivity index (χ4v) is 3.92. The molecule has 0 radical (unpaired) electrons. The van der Waals surface area contributed by atoms with Gasteiger partial charge in [-0.3, -0.25) is 4.79 Å². The summed E-state index contributed by atoms with van der Waals surface area (Å²) in [4.78, 5) is 10.9. The fourth-order valence-electron chi connectivity index (χ4n) is 1.27. The average molecular weight is 306 g/mol. The largest absolute Gasteiger partial charge is 0.399 e. The van der Waals surface area contributed by atoms with Gasteiger partial charge in [-0.1, -0.05) is 0 Å². The Bertz CT molecular complexity index is 561. The van der Waals surface area contributed by atoms with E-state index in [1.165, 1.54) is 12.1 Å². The maximum Gasteiger partial charge on any atom is 0.218 e. The molecule has 0 aliphatic heterocycles. The molecule has 0 aliphatic carbocycles. The van der Waals surface area contributed by atoms with Crippen molar-refractivity contribution in [2.24, 2.45) is 5.73 Å². The van der Waals surface area contributed by atoms with Crippen LogP contribution in [0, 0.1) is 5.82 Å². The normalized spacial score (nSPS) is 11.4. The molecule has 1 amide bonds. The van der Waals surface area contributed by atoms with E-state index in [9.17, 15) is 17.6 Å². The van der Waals surface area contributed by atoms with Crippen molar-refractivity contribution in [2.45, 2.75) is 11.3 Å². The second-order valence-corrected chi connectivity index (χ2v) is 7.35. The first-order valence-corrected chi connectivity index (χ1v) is 8.27. The van der Waals surface area contributed by atoms with Crippen molar-refractivity contribution >= 4 is 33.2 Å². The summed E-state index contributed by atoms with van der Waals surface area (Å²) in [5.41, 5.74) is 10.6. The Hall–Kier alpha value is -1.28. The topological polar surface area (TPSA) is 103 Å². The first-order chi connectivity index (χ1) is 8.80. The van der Waals surface area contributed by atoms with Crippen LogP contribution in [0.4, 0.5) is 10.1 Å². The van der Waals surface area contributed by atoms with Gasteiger partial charge >= 0.3 is 0 Å². The van der Waals surface area contributed by atoms with Crippen molar-refractivity contribution in [2.75, 3.05) is 23.0 Å². The molecule has 1 aromatic rings. The van der Waals surface area contributed by atoms with Crippen LogP contribution in [0.15, 0.2) is 23.1 Å². The SMILES string of the molecule is NC(=O)CCS(=O)(=O)CCSc1ccc(N)cc1F. The smallest absolute Gasteiger partial charge is 0.218 e. The molecule has 0 fully saturated rings. The van der Waals surface area contributed by atoms with E-state index in [4.69, 9.17) is 11.5 Å². The Labute approximate surface area is 115 Å². The number of sulfone groups is 1. The average Bonchev–Trinajstić information content (AvgIpc) is 2.29. The minimum atomic E-state index is -3.34. The minimum absolute atomic E-state index is 0.130. The number of halogens is 1. The van der Waals surface area contributed by atoms with Crippen LogP contribution in [0.5, 0.6) is 0 Å². The molecule has 0 bridgehead atoms. The zero-order chi connectivity index (χ0) is 14.5. The molecule has 0 heterocycles. The summed E-state index contributed by atoms with van der Waals surface area (Å²) in [6, 6.07) is 4.24. The van der Waals surface area contributed by atoms with E-state index < -0.39 is 21.6 Å².